The van der Waals surface area contributed by atoms with Gasteiger partial charge >= 0.3 is 5.97 Å². The normalized spacial score (nSPS) is 45.7. The van der Waals surface area contributed by atoms with E-state index in [9.17, 15) is 14.7 Å². The summed E-state index contributed by atoms with van der Waals surface area (Å²) in [5.74, 6) is 2.37. The van der Waals surface area contributed by atoms with Gasteiger partial charge in [-0.1, -0.05) is 41.0 Å². The Balaban J connectivity index is 1.66. The molecule has 5 heteroatoms. The zero-order chi connectivity index (χ0) is 25.5. The third-order valence-corrected chi connectivity index (χ3v) is 11.3. The van der Waals surface area contributed by atoms with Crippen molar-refractivity contribution in [1.82, 2.24) is 5.32 Å². The lowest BCUT2D eigenvalue weighted by Crippen LogP contribution is -2.61. The Morgan fingerprint density at radius 1 is 1.09 bits per heavy atom. The van der Waals surface area contributed by atoms with Gasteiger partial charge in [-0.3, -0.25) is 9.59 Å². The Labute approximate surface area is 213 Å². The summed E-state index contributed by atoms with van der Waals surface area (Å²) in [5, 5.41) is 14.1. The predicted octanol–water partition coefficient (Wildman–Crippen LogP) is 5.53. The number of ether oxygens (including phenoxy) is 1. The van der Waals surface area contributed by atoms with Gasteiger partial charge in [0.15, 0.2) is 0 Å². The summed E-state index contributed by atoms with van der Waals surface area (Å²) in [6, 6.07) is -0.267. The lowest BCUT2D eigenvalue weighted by Gasteiger charge is -2.63. The molecule has 0 amide bonds. The van der Waals surface area contributed by atoms with Crippen LogP contribution in [0, 0.1) is 46.3 Å². The van der Waals surface area contributed by atoms with Gasteiger partial charge in [-0.2, -0.15) is 0 Å². The summed E-state index contributed by atoms with van der Waals surface area (Å²) in [7, 11) is 0. The van der Waals surface area contributed by atoms with Gasteiger partial charge in [-0.25, -0.2) is 0 Å². The Morgan fingerprint density at radius 2 is 1.83 bits per heavy atom. The van der Waals surface area contributed by atoms with Crippen LogP contribution in [0.4, 0.5) is 0 Å². The van der Waals surface area contributed by atoms with Gasteiger partial charge in [-0.15, -0.1) is 0 Å². The summed E-state index contributed by atoms with van der Waals surface area (Å²) < 4.78 is 6.55. The molecule has 0 aromatic rings. The van der Waals surface area contributed by atoms with Crippen molar-refractivity contribution in [1.29, 1.82) is 0 Å². The maximum Gasteiger partial charge on any atom is 0.323 e. The first kappa shape index (κ1) is 27.1. The van der Waals surface area contributed by atoms with Gasteiger partial charge < -0.3 is 15.2 Å². The maximum atomic E-state index is 13.5. The van der Waals surface area contributed by atoms with Gasteiger partial charge in [-0.05, 0) is 106 Å². The Morgan fingerprint density at radius 3 is 2.49 bits per heavy atom. The summed E-state index contributed by atoms with van der Waals surface area (Å²) in [6.07, 6.45) is 9.57. The van der Waals surface area contributed by atoms with E-state index in [1.165, 1.54) is 0 Å². The van der Waals surface area contributed by atoms with Crippen molar-refractivity contribution < 1.29 is 19.4 Å². The number of carbonyl (C=O) groups excluding carboxylic acids is 2. The van der Waals surface area contributed by atoms with Crippen LogP contribution in [0.15, 0.2) is 0 Å². The van der Waals surface area contributed by atoms with Crippen molar-refractivity contribution in [3.05, 3.63) is 0 Å². The number of Topliss-reactive ketones (excluding diaryl/α,β-unsaturated/α-hetero) is 1. The molecule has 4 aliphatic rings. The predicted molar refractivity (Wildman–Crippen MR) is 139 cm³/mol. The van der Waals surface area contributed by atoms with Gasteiger partial charge in [0, 0.05) is 11.8 Å². The minimum absolute atomic E-state index is 0.0689. The van der Waals surface area contributed by atoms with Gasteiger partial charge in [0.05, 0.1) is 6.10 Å². The van der Waals surface area contributed by atoms with E-state index in [1.54, 1.807) is 6.92 Å². The van der Waals surface area contributed by atoms with Crippen molar-refractivity contribution >= 4 is 11.8 Å². The highest BCUT2D eigenvalue weighted by molar-refractivity contribution is 5.79. The molecule has 0 spiro atoms. The second-order valence-corrected chi connectivity index (χ2v) is 13.3. The maximum absolute atomic E-state index is 13.5. The molecule has 0 bridgehead atoms. The molecule has 35 heavy (non-hydrogen) atoms. The smallest absolute Gasteiger partial charge is 0.323 e. The fraction of sp³-hybridized carbons (Fsp3) is 0.933. The van der Waals surface area contributed by atoms with E-state index in [2.05, 4.69) is 39.9 Å². The highest BCUT2D eigenvalue weighted by Gasteiger charge is 2.65. The lowest BCUT2D eigenvalue weighted by molar-refractivity contribution is -0.204. The second kappa shape index (κ2) is 10.4. The summed E-state index contributed by atoms with van der Waals surface area (Å²) in [6.45, 7) is 13.8. The standard InChI is InChI=1S/C30H51NO4/c1-7-9-14-31-24(8-2)28(34)35-26-17-30(6)22(19(4)32)12-13-23(30)21-11-10-20-15-25(33)18(3)16-29(20,5)27(21)26/h18,20-27,31,33H,7-17H2,1-6H3/t18?,20?,21-,22+,23-,24?,25?,26?,27+,29-,30+/m0/s1. The minimum atomic E-state index is -0.267. The molecule has 0 radical (unpaired) electrons. The van der Waals surface area contributed by atoms with Crippen LogP contribution >= 0.6 is 0 Å². The highest BCUT2D eigenvalue weighted by atomic mass is 16.5. The van der Waals surface area contributed by atoms with Crippen LogP contribution in [0.25, 0.3) is 0 Å². The number of hydrogen-bond acceptors (Lipinski definition) is 5. The number of fused-ring (bicyclic) bond motifs is 5. The molecule has 0 aromatic carbocycles. The molecule has 11 atom stereocenters. The number of esters is 1. The minimum Gasteiger partial charge on any atom is -0.461 e. The zero-order valence-corrected chi connectivity index (χ0v) is 23.1. The molecule has 0 aliphatic heterocycles. The summed E-state index contributed by atoms with van der Waals surface area (Å²) in [4.78, 5) is 26.2. The van der Waals surface area contributed by atoms with Crippen LogP contribution in [0.3, 0.4) is 0 Å². The van der Waals surface area contributed by atoms with Gasteiger partial charge in [0.25, 0.3) is 0 Å². The first-order chi connectivity index (χ1) is 16.6. The third kappa shape index (κ3) is 4.74. The van der Waals surface area contributed by atoms with Crippen molar-refractivity contribution in [2.75, 3.05) is 6.54 Å². The molecule has 0 aromatic heterocycles. The second-order valence-electron chi connectivity index (χ2n) is 13.3. The third-order valence-electron chi connectivity index (χ3n) is 11.3. The number of aliphatic hydroxyl groups excluding tert-OH is 1. The van der Waals surface area contributed by atoms with Gasteiger partial charge in [0.1, 0.15) is 17.9 Å². The zero-order valence-electron chi connectivity index (χ0n) is 23.1. The largest absolute Gasteiger partial charge is 0.461 e. The molecule has 4 saturated carbocycles. The van der Waals surface area contributed by atoms with Crippen LogP contribution in [0.2, 0.25) is 0 Å². The van der Waals surface area contributed by atoms with E-state index in [-0.39, 0.29) is 46.9 Å². The number of rotatable bonds is 8. The molecule has 0 saturated heterocycles. The fourth-order valence-corrected chi connectivity index (χ4v) is 9.54. The topological polar surface area (TPSA) is 75.6 Å². The number of hydrogen-bond donors (Lipinski definition) is 2. The monoisotopic (exact) mass is 489 g/mol. The summed E-state index contributed by atoms with van der Waals surface area (Å²) in [5.41, 5.74) is -0.0161. The quantitative estimate of drug-likeness (QED) is 0.346. The van der Waals surface area contributed by atoms with E-state index in [4.69, 9.17) is 4.74 Å². The SMILES string of the molecule is CCCCNC(CC)C(=O)OC1C[C@]2(C)[C@@H](C(C)=O)CC[C@H]2[C@@H]2CCC3CC(O)C(C)C[C@]3(C)[C@@H]12. The van der Waals surface area contributed by atoms with Crippen molar-refractivity contribution in [3.8, 4) is 0 Å². The molecule has 4 aliphatic carbocycles. The van der Waals surface area contributed by atoms with Crippen molar-refractivity contribution in [2.24, 2.45) is 46.3 Å². The van der Waals surface area contributed by atoms with E-state index in [0.29, 0.717) is 29.5 Å². The Kier molecular flexibility index (Phi) is 8.08. The molecule has 5 unspecified atom stereocenters. The molecule has 2 N–H and O–H groups in total. The van der Waals surface area contributed by atoms with Crippen LogP contribution in [0.5, 0.6) is 0 Å². The lowest BCUT2D eigenvalue weighted by atomic mass is 9.43. The molecule has 0 heterocycles. The number of unbranched alkanes of at least 4 members (excludes halogenated alkanes) is 1. The molecule has 5 nitrogen and oxygen atoms in total. The van der Waals surface area contributed by atoms with Crippen LogP contribution in [-0.4, -0.2) is 41.7 Å². The van der Waals surface area contributed by atoms with E-state index < -0.39 is 0 Å². The number of carbonyl (C=O) groups is 2. The van der Waals surface area contributed by atoms with Crippen molar-refractivity contribution in [2.45, 2.75) is 124 Å². The average molecular weight is 490 g/mol. The number of ketones is 1. The van der Waals surface area contributed by atoms with Crippen LogP contribution in [0.1, 0.15) is 106 Å². The number of aliphatic hydroxyl groups is 1. The molecule has 4 fully saturated rings. The molecular formula is C30H51NO4. The van der Waals surface area contributed by atoms with E-state index in [1.807, 2.05) is 0 Å². The van der Waals surface area contributed by atoms with Crippen LogP contribution < -0.4 is 5.32 Å². The average Bonchev–Trinajstić information content (AvgIpc) is 3.14. The summed E-state index contributed by atoms with van der Waals surface area (Å²) >= 11 is 0. The Hall–Kier alpha value is -0.940. The molecule has 4 rings (SSSR count). The Bertz CT molecular complexity index is 784. The first-order valence-electron chi connectivity index (χ1n) is 14.7. The molecule has 200 valence electrons. The van der Waals surface area contributed by atoms with E-state index >= 15 is 0 Å². The highest BCUT2D eigenvalue weighted by Crippen LogP contribution is 2.68. The van der Waals surface area contributed by atoms with Crippen LogP contribution in [-0.2, 0) is 14.3 Å². The van der Waals surface area contributed by atoms with Gasteiger partial charge in [0.2, 0.25) is 0 Å². The first-order valence-corrected chi connectivity index (χ1v) is 14.7. The van der Waals surface area contributed by atoms with Crippen molar-refractivity contribution in [3.63, 3.8) is 0 Å². The van der Waals surface area contributed by atoms with E-state index in [0.717, 1.165) is 70.8 Å². The fourth-order valence-electron chi connectivity index (χ4n) is 9.54. The molecular weight excluding hydrogens is 438 g/mol. The number of nitrogens with one attached hydrogen (secondary N) is 1.